The third kappa shape index (κ3) is 2.76. The van der Waals surface area contributed by atoms with Crippen LogP contribution in [-0.4, -0.2) is 36.4 Å². The Morgan fingerprint density at radius 3 is 2.82 bits per heavy atom. The molecule has 1 saturated heterocycles. The Hall–Kier alpha value is -1.13. The molecule has 94 valence electrons. The summed E-state index contributed by atoms with van der Waals surface area (Å²) in [5.41, 5.74) is 0.890. The Kier molecular flexibility index (Phi) is 3.97. The van der Waals surface area contributed by atoms with E-state index in [1.807, 2.05) is 19.2 Å². The molecule has 0 aromatic carbocycles. The van der Waals surface area contributed by atoms with Gasteiger partial charge in [0.15, 0.2) is 0 Å². The Morgan fingerprint density at radius 2 is 2.18 bits per heavy atom. The summed E-state index contributed by atoms with van der Waals surface area (Å²) in [5, 5.41) is 9.76. The van der Waals surface area contributed by atoms with E-state index in [2.05, 4.69) is 9.88 Å². The minimum Gasteiger partial charge on any atom is -0.389 e. The van der Waals surface area contributed by atoms with E-state index in [1.165, 1.54) is 0 Å². The molecule has 0 aliphatic carbocycles. The van der Waals surface area contributed by atoms with Crippen LogP contribution in [0.1, 0.15) is 31.4 Å². The smallest absolute Gasteiger partial charge is 0.134 e. The molecule has 1 fully saturated rings. The summed E-state index contributed by atoms with van der Waals surface area (Å²) in [6.07, 6.45) is 3.33. The lowest BCUT2D eigenvalue weighted by Crippen LogP contribution is -2.37. The van der Waals surface area contributed by atoms with Crippen molar-refractivity contribution in [3.05, 3.63) is 23.9 Å². The second kappa shape index (κ2) is 5.47. The Balaban J connectivity index is 2.20. The van der Waals surface area contributed by atoms with Crippen LogP contribution in [0.15, 0.2) is 18.3 Å². The number of aliphatic hydroxyl groups excluding tert-OH is 1. The van der Waals surface area contributed by atoms with Crippen molar-refractivity contribution in [2.24, 2.45) is 0 Å². The van der Waals surface area contributed by atoms with Crippen molar-refractivity contribution in [3.63, 3.8) is 0 Å². The maximum absolute atomic E-state index is 9.76. The lowest BCUT2D eigenvalue weighted by Gasteiger charge is -2.33. The van der Waals surface area contributed by atoms with Gasteiger partial charge in [-0.25, -0.2) is 4.98 Å². The fraction of sp³-hybridized carbons (Fsp3) is 0.615. The van der Waals surface area contributed by atoms with Crippen LogP contribution >= 0.6 is 0 Å². The summed E-state index contributed by atoms with van der Waals surface area (Å²) in [5.74, 6) is 0.884. The van der Waals surface area contributed by atoms with Gasteiger partial charge in [0, 0.05) is 38.1 Å². The van der Waals surface area contributed by atoms with Crippen molar-refractivity contribution in [3.8, 4) is 0 Å². The minimum atomic E-state index is -0.485. The number of aliphatic hydroxyl groups is 1. The number of hydrogen-bond acceptors (Lipinski definition) is 4. The van der Waals surface area contributed by atoms with Gasteiger partial charge in [0.25, 0.3) is 0 Å². The van der Waals surface area contributed by atoms with E-state index in [9.17, 15) is 5.11 Å². The van der Waals surface area contributed by atoms with E-state index in [0.717, 1.165) is 37.4 Å². The number of hydrogen-bond donors (Lipinski definition) is 1. The first-order valence-electron chi connectivity index (χ1n) is 6.13. The van der Waals surface area contributed by atoms with Crippen LogP contribution in [0.2, 0.25) is 0 Å². The molecule has 1 aromatic heterocycles. The molecular weight excluding hydrogens is 216 g/mol. The van der Waals surface area contributed by atoms with E-state index in [0.29, 0.717) is 6.04 Å². The molecule has 4 heteroatoms. The number of aromatic nitrogens is 1. The minimum absolute atomic E-state index is 0.455. The zero-order valence-corrected chi connectivity index (χ0v) is 10.5. The van der Waals surface area contributed by atoms with Crippen molar-refractivity contribution in [1.29, 1.82) is 0 Å². The summed E-state index contributed by atoms with van der Waals surface area (Å²) in [6.45, 7) is 3.40. The molecule has 2 heterocycles. The van der Waals surface area contributed by atoms with E-state index in [4.69, 9.17) is 4.74 Å². The molecule has 0 radical (unpaired) electrons. The summed E-state index contributed by atoms with van der Waals surface area (Å²) in [6, 6.07) is 4.25. The van der Waals surface area contributed by atoms with E-state index in [-0.39, 0.29) is 0 Å². The molecule has 0 unspecified atom stereocenters. The molecule has 17 heavy (non-hydrogen) atoms. The topological polar surface area (TPSA) is 45.6 Å². The van der Waals surface area contributed by atoms with E-state index in [1.54, 1.807) is 13.1 Å². The molecule has 0 amide bonds. The van der Waals surface area contributed by atoms with Crippen LogP contribution < -0.4 is 4.90 Å². The number of anilines is 1. The molecule has 1 N–H and O–H groups in total. The summed E-state index contributed by atoms with van der Waals surface area (Å²) < 4.78 is 5.37. The Labute approximate surface area is 102 Å². The predicted octanol–water partition coefficient (Wildman–Crippen LogP) is 1.75. The lowest BCUT2D eigenvalue weighted by atomic mass is 10.1. The number of ether oxygens (including phenoxy) is 1. The highest BCUT2D eigenvalue weighted by molar-refractivity contribution is 5.48. The first kappa shape index (κ1) is 12.3. The van der Waals surface area contributed by atoms with Crippen molar-refractivity contribution in [1.82, 2.24) is 4.98 Å². The predicted molar refractivity (Wildman–Crippen MR) is 67.1 cm³/mol. The fourth-order valence-corrected chi connectivity index (χ4v) is 2.28. The Morgan fingerprint density at radius 1 is 1.47 bits per heavy atom. The van der Waals surface area contributed by atoms with Gasteiger partial charge in [-0.2, -0.15) is 0 Å². The molecule has 1 aromatic rings. The lowest BCUT2D eigenvalue weighted by molar-refractivity contribution is 0.0852. The van der Waals surface area contributed by atoms with Crippen LogP contribution in [-0.2, 0) is 4.74 Å². The molecule has 1 atom stereocenters. The maximum atomic E-state index is 9.76. The normalized spacial score (nSPS) is 19.0. The van der Waals surface area contributed by atoms with Gasteiger partial charge >= 0.3 is 0 Å². The summed E-state index contributed by atoms with van der Waals surface area (Å²) in [4.78, 5) is 6.57. The van der Waals surface area contributed by atoms with Gasteiger partial charge in [0.2, 0.25) is 0 Å². The van der Waals surface area contributed by atoms with Crippen molar-refractivity contribution < 1.29 is 9.84 Å². The van der Waals surface area contributed by atoms with E-state index < -0.39 is 6.10 Å². The van der Waals surface area contributed by atoms with Crippen molar-refractivity contribution in [2.75, 3.05) is 25.2 Å². The van der Waals surface area contributed by atoms with Crippen LogP contribution in [0.25, 0.3) is 0 Å². The fourth-order valence-electron chi connectivity index (χ4n) is 2.28. The van der Waals surface area contributed by atoms with Crippen LogP contribution in [0.3, 0.4) is 0 Å². The van der Waals surface area contributed by atoms with Gasteiger partial charge in [-0.3, -0.25) is 0 Å². The maximum Gasteiger partial charge on any atom is 0.134 e. The largest absolute Gasteiger partial charge is 0.389 e. The zero-order chi connectivity index (χ0) is 12.3. The third-order valence-electron chi connectivity index (χ3n) is 3.34. The highest BCUT2D eigenvalue weighted by atomic mass is 16.5. The standard InChI is InChI=1S/C13H20N2O2/c1-10(16)12-4-3-7-14-13(12)15(2)11-5-8-17-9-6-11/h3-4,7,10-11,16H,5-6,8-9H2,1-2H3/t10-/m1/s1. The van der Waals surface area contributed by atoms with Crippen molar-refractivity contribution >= 4 is 5.82 Å². The molecular formula is C13H20N2O2. The Bertz CT molecular complexity index is 362. The van der Waals surface area contributed by atoms with Gasteiger partial charge in [-0.1, -0.05) is 6.07 Å². The number of pyridine rings is 1. The molecule has 0 bridgehead atoms. The van der Waals surface area contributed by atoms with Gasteiger partial charge < -0.3 is 14.7 Å². The van der Waals surface area contributed by atoms with Crippen LogP contribution in [0, 0.1) is 0 Å². The van der Waals surface area contributed by atoms with E-state index >= 15 is 0 Å². The van der Waals surface area contributed by atoms with Crippen LogP contribution in [0.4, 0.5) is 5.82 Å². The summed E-state index contributed by atoms with van der Waals surface area (Å²) >= 11 is 0. The average molecular weight is 236 g/mol. The SMILES string of the molecule is C[C@@H](O)c1cccnc1N(C)C1CCOCC1. The second-order valence-electron chi connectivity index (χ2n) is 4.55. The second-order valence-corrected chi connectivity index (χ2v) is 4.55. The van der Waals surface area contributed by atoms with Gasteiger partial charge in [0.1, 0.15) is 5.82 Å². The summed E-state index contributed by atoms with van der Waals surface area (Å²) in [7, 11) is 2.05. The van der Waals surface area contributed by atoms with Gasteiger partial charge in [-0.05, 0) is 25.8 Å². The first-order valence-corrected chi connectivity index (χ1v) is 6.13. The van der Waals surface area contributed by atoms with Gasteiger partial charge in [-0.15, -0.1) is 0 Å². The molecule has 0 spiro atoms. The quantitative estimate of drug-likeness (QED) is 0.868. The third-order valence-corrected chi connectivity index (χ3v) is 3.34. The first-order chi connectivity index (χ1) is 8.20. The van der Waals surface area contributed by atoms with Crippen molar-refractivity contribution in [2.45, 2.75) is 31.9 Å². The molecule has 1 aliphatic rings. The molecule has 2 rings (SSSR count). The highest BCUT2D eigenvalue weighted by Crippen LogP contribution is 2.26. The molecule has 4 nitrogen and oxygen atoms in total. The number of rotatable bonds is 3. The average Bonchev–Trinajstić information content (AvgIpc) is 2.39. The van der Waals surface area contributed by atoms with Crippen LogP contribution in [0.5, 0.6) is 0 Å². The highest BCUT2D eigenvalue weighted by Gasteiger charge is 2.22. The number of nitrogens with zero attached hydrogens (tertiary/aromatic N) is 2. The monoisotopic (exact) mass is 236 g/mol. The molecule has 0 saturated carbocycles. The molecule has 1 aliphatic heterocycles. The van der Waals surface area contributed by atoms with Gasteiger partial charge in [0.05, 0.1) is 6.10 Å². The zero-order valence-electron chi connectivity index (χ0n) is 10.5.